The van der Waals surface area contributed by atoms with Gasteiger partial charge in [-0.2, -0.15) is 13.2 Å². The molecule has 1 unspecified atom stereocenters. The fourth-order valence-corrected chi connectivity index (χ4v) is 1.69. The second kappa shape index (κ2) is 4.93. The molecule has 7 heteroatoms. The highest BCUT2D eigenvalue weighted by molar-refractivity contribution is 5.34. The molecule has 0 aliphatic carbocycles. The minimum absolute atomic E-state index is 0.249. The molecule has 0 radical (unpaired) electrons. The van der Waals surface area contributed by atoms with E-state index < -0.39 is 23.6 Å². The third-order valence-electron chi connectivity index (χ3n) is 2.57. The molecule has 0 aliphatic rings. The quantitative estimate of drug-likeness (QED) is 0.854. The standard InChI is InChI=1S/C12H9F4N3/c13-9-2-1-4-19-11(9)10(17)7-6-18-5-3-8(7)12(14,15)16/h1-6,10H,17H2. The molecule has 0 spiro atoms. The largest absolute Gasteiger partial charge is 0.416 e. The van der Waals surface area contributed by atoms with E-state index in [1.807, 2.05) is 0 Å². The van der Waals surface area contributed by atoms with E-state index in [1.54, 1.807) is 0 Å². The SMILES string of the molecule is NC(c1cnccc1C(F)(F)F)c1ncccc1F. The van der Waals surface area contributed by atoms with Gasteiger partial charge in [0.05, 0.1) is 17.3 Å². The smallest absolute Gasteiger partial charge is 0.319 e. The summed E-state index contributed by atoms with van der Waals surface area (Å²) >= 11 is 0. The zero-order chi connectivity index (χ0) is 14.0. The summed E-state index contributed by atoms with van der Waals surface area (Å²) in [5.74, 6) is -0.757. The zero-order valence-electron chi connectivity index (χ0n) is 9.53. The maximum atomic E-state index is 13.5. The van der Waals surface area contributed by atoms with Gasteiger partial charge in [-0.05, 0) is 18.2 Å². The Balaban J connectivity index is 2.51. The summed E-state index contributed by atoms with van der Waals surface area (Å²) < 4.78 is 52.0. The van der Waals surface area contributed by atoms with Crippen molar-refractivity contribution in [2.45, 2.75) is 12.2 Å². The first-order chi connectivity index (χ1) is 8.91. The van der Waals surface area contributed by atoms with Crippen LogP contribution < -0.4 is 5.73 Å². The van der Waals surface area contributed by atoms with Crippen LogP contribution in [0.15, 0.2) is 36.8 Å². The van der Waals surface area contributed by atoms with E-state index in [9.17, 15) is 17.6 Å². The Morgan fingerprint density at radius 2 is 1.89 bits per heavy atom. The average molecular weight is 271 g/mol. The van der Waals surface area contributed by atoms with Crippen molar-refractivity contribution >= 4 is 0 Å². The van der Waals surface area contributed by atoms with Crippen LogP contribution in [0, 0.1) is 5.82 Å². The number of hydrogen-bond acceptors (Lipinski definition) is 3. The first-order valence-corrected chi connectivity index (χ1v) is 5.28. The number of aromatic nitrogens is 2. The summed E-state index contributed by atoms with van der Waals surface area (Å²) in [6.45, 7) is 0. The predicted molar refractivity (Wildman–Crippen MR) is 59.5 cm³/mol. The van der Waals surface area contributed by atoms with Gasteiger partial charge >= 0.3 is 6.18 Å². The van der Waals surface area contributed by atoms with Gasteiger partial charge in [-0.1, -0.05) is 0 Å². The lowest BCUT2D eigenvalue weighted by Crippen LogP contribution is -2.20. The Morgan fingerprint density at radius 1 is 1.16 bits per heavy atom. The van der Waals surface area contributed by atoms with Crippen LogP contribution in [0.25, 0.3) is 0 Å². The normalized spacial score (nSPS) is 13.3. The highest BCUT2D eigenvalue weighted by Gasteiger charge is 2.35. The summed E-state index contributed by atoms with van der Waals surface area (Å²) in [5.41, 5.74) is 4.17. The second-order valence-electron chi connectivity index (χ2n) is 3.81. The van der Waals surface area contributed by atoms with Crippen molar-refractivity contribution in [3.05, 3.63) is 59.4 Å². The van der Waals surface area contributed by atoms with Crippen LogP contribution in [0.3, 0.4) is 0 Å². The third-order valence-corrected chi connectivity index (χ3v) is 2.57. The molecule has 2 aromatic rings. The Kier molecular flexibility index (Phi) is 3.48. The van der Waals surface area contributed by atoms with Crippen molar-refractivity contribution in [3.63, 3.8) is 0 Å². The number of hydrogen-bond donors (Lipinski definition) is 1. The van der Waals surface area contributed by atoms with Gasteiger partial charge in [-0.15, -0.1) is 0 Å². The van der Waals surface area contributed by atoms with Gasteiger partial charge in [-0.25, -0.2) is 4.39 Å². The maximum Gasteiger partial charge on any atom is 0.416 e. The molecular weight excluding hydrogens is 262 g/mol. The molecule has 3 nitrogen and oxygen atoms in total. The topological polar surface area (TPSA) is 51.8 Å². The molecule has 0 aliphatic heterocycles. The Hall–Kier alpha value is -2.02. The lowest BCUT2D eigenvalue weighted by atomic mass is 10.00. The highest BCUT2D eigenvalue weighted by Crippen LogP contribution is 2.35. The van der Waals surface area contributed by atoms with Gasteiger partial charge in [-0.3, -0.25) is 9.97 Å². The van der Waals surface area contributed by atoms with Crippen molar-refractivity contribution < 1.29 is 17.6 Å². The molecule has 0 saturated heterocycles. The second-order valence-corrected chi connectivity index (χ2v) is 3.81. The fraction of sp³-hybridized carbons (Fsp3) is 0.167. The highest BCUT2D eigenvalue weighted by atomic mass is 19.4. The van der Waals surface area contributed by atoms with Crippen LogP contribution in [0.4, 0.5) is 17.6 Å². The summed E-state index contributed by atoms with van der Waals surface area (Å²) in [4.78, 5) is 7.29. The van der Waals surface area contributed by atoms with Crippen molar-refractivity contribution in [1.29, 1.82) is 0 Å². The number of halogens is 4. The third kappa shape index (κ3) is 2.70. The van der Waals surface area contributed by atoms with Gasteiger partial charge in [0.1, 0.15) is 5.82 Å². The Labute approximate surface area is 106 Å². The van der Waals surface area contributed by atoms with Gasteiger partial charge in [0.2, 0.25) is 0 Å². The minimum Gasteiger partial charge on any atom is -0.319 e. The lowest BCUT2D eigenvalue weighted by Gasteiger charge is -2.17. The first kappa shape index (κ1) is 13.4. The number of alkyl halides is 3. The Bertz CT molecular complexity index is 583. The minimum atomic E-state index is -4.58. The number of nitrogens with zero attached hydrogens (tertiary/aromatic N) is 2. The number of nitrogens with two attached hydrogens (primary N) is 1. The number of rotatable bonds is 2. The van der Waals surface area contributed by atoms with E-state index in [4.69, 9.17) is 5.73 Å². The molecule has 0 fully saturated rings. The number of pyridine rings is 2. The summed E-state index contributed by atoms with van der Waals surface area (Å²) in [6.07, 6.45) is -1.33. The van der Waals surface area contributed by atoms with Gasteiger partial charge in [0, 0.05) is 24.2 Å². The first-order valence-electron chi connectivity index (χ1n) is 5.28. The van der Waals surface area contributed by atoms with Gasteiger partial charge in [0.25, 0.3) is 0 Å². The van der Waals surface area contributed by atoms with E-state index in [0.717, 1.165) is 24.5 Å². The van der Waals surface area contributed by atoms with Crippen LogP contribution in [-0.2, 0) is 6.18 Å². The van der Waals surface area contributed by atoms with E-state index >= 15 is 0 Å². The van der Waals surface area contributed by atoms with Crippen molar-refractivity contribution in [1.82, 2.24) is 9.97 Å². The molecule has 2 heterocycles. The fourth-order valence-electron chi connectivity index (χ4n) is 1.69. The van der Waals surface area contributed by atoms with Crippen LogP contribution in [0.5, 0.6) is 0 Å². The molecule has 2 rings (SSSR count). The molecule has 2 N–H and O–H groups in total. The molecule has 0 aromatic carbocycles. The van der Waals surface area contributed by atoms with E-state index in [-0.39, 0.29) is 11.3 Å². The molecule has 100 valence electrons. The van der Waals surface area contributed by atoms with Crippen molar-refractivity contribution in [3.8, 4) is 0 Å². The molecule has 0 amide bonds. The lowest BCUT2D eigenvalue weighted by molar-refractivity contribution is -0.138. The van der Waals surface area contributed by atoms with Crippen LogP contribution in [-0.4, -0.2) is 9.97 Å². The summed E-state index contributed by atoms with van der Waals surface area (Å²) in [5, 5.41) is 0. The molecular formula is C12H9F4N3. The maximum absolute atomic E-state index is 13.5. The van der Waals surface area contributed by atoms with Crippen molar-refractivity contribution in [2.24, 2.45) is 5.73 Å². The van der Waals surface area contributed by atoms with Crippen LogP contribution in [0.1, 0.15) is 22.9 Å². The average Bonchev–Trinajstić information content (AvgIpc) is 2.37. The van der Waals surface area contributed by atoms with Gasteiger partial charge in [0.15, 0.2) is 0 Å². The summed E-state index contributed by atoms with van der Waals surface area (Å²) in [7, 11) is 0. The monoisotopic (exact) mass is 271 g/mol. The molecule has 19 heavy (non-hydrogen) atoms. The molecule has 0 saturated carbocycles. The van der Waals surface area contributed by atoms with Crippen LogP contribution >= 0.6 is 0 Å². The predicted octanol–water partition coefficient (Wildman–Crippen LogP) is 2.68. The molecule has 2 aromatic heterocycles. The van der Waals surface area contributed by atoms with Gasteiger partial charge < -0.3 is 5.73 Å². The van der Waals surface area contributed by atoms with Crippen LogP contribution in [0.2, 0.25) is 0 Å². The molecule has 0 bridgehead atoms. The Morgan fingerprint density at radius 3 is 2.53 bits per heavy atom. The molecule has 1 atom stereocenters. The summed E-state index contributed by atoms with van der Waals surface area (Å²) in [6, 6.07) is 1.90. The van der Waals surface area contributed by atoms with E-state index in [0.29, 0.717) is 0 Å². The van der Waals surface area contributed by atoms with E-state index in [1.165, 1.54) is 12.3 Å². The zero-order valence-corrected chi connectivity index (χ0v) is 9.53. The van der Waals surface area contributed by atoms with E-state index in [2.05, 4.69) is 9.97 Å². The van der Waals surface area contributed by atoms with Crippen molar-refractivity contribution in [2.75, 3.05) is 0 Å².